The molecule has 1 saturated heterocycles. The van der Waals surface area contributed by atoms with Gasteiger partial charge in [0, 0.05) is 6.42 Å². The van der Waals surface area contributed by atoms with Gasteiger partial charge >= 0.3 is 5.97 Å². The van der Waals surface area contributed by atoms with Gasteiger partial charge in [-0.05, 0) is 38.3 Å². The number of allylic oxidation sites excluding steroid dienone is 1. The molecule has 1 aliphatic rings. The lowest BCUT2D eigenvalue weighted by Gasteiger charge is -2.16. The van der Waals surface area contributed by atoms with E-state index >= 15 is 0 Å². The fourth-order valence-corrected chi connectivity index (χ4v) is 2.36. The van der Waals surface area contributed by atoms with Crippen molar-refractivity contribution in [2.24, 2.45) is 0 Å². The van der Waals surface area contributed by atoms with E-state index in [1.165, 1.54) is 5.56 Å². The van der Waals surface area contributed by atoms with Gasteiger partial charge in [0.25, 0.3) is 0 Å². The summed E-state index contributed by atoms with van der Waals surface area (Å²) in [4.78, 5) is 11.4. The standard InChI is InChI=1S/C19H26O4/c1-4-21-19(20)8-6-5-7-16-11-14(2)9-10-18(16)15(3)22-12-17-13-23-17/h5,7,9-11,15,17H,4,6,8,12-13H2,1-3H3/t15-,17+/m1/s1. The molecule has 4 nitrogen and oxygen atoms in total. The summed E-state index contributed by atoms with van der Waals surface area (Å²) in [6.45, 7) is 7.83. The first-order valence-electron chi connectivity index (χ1n) is 8.26. The van der Waals surface area contributed by atoms with Crippen molar-refractivity contribution in [2.75, 3.05) is 19.8 Å². The van der Waals surface area contributed by atoms with E-state index in [1.807, 2.05) is 13.0 Å². The Morgan fingerprint density at radius 1 is 1.48 bits per heavy atom. The van der Waals surface area contributed by atoms with Crippen molar-refractivity contribution in [3.8, 4) is 0 Å². The molecule has 0 aliphatic carbocycles. The molecule has 1 aliphatic heterocycles. The highest BCUT2D eigenvalue weighted by Gasteiger charge is 2.24. The summed E-state index contributed by atoms with van der Waals surface area (Å²) in [5, 5.41) is 0. The van der Waals surface area contributed by atoms with E-state index in [9.17, 15) is 4.79 Å². The van der Waals surface area contributed by atoms with Crippen LogP contribution in [0.15, 0.2) is 24.3 Å². The van der Waals surface area contributed by atoms with E-state index < -0.39 is 0 Å². The Labute approximate surface area is 138 Å². The minimum atomic E-state index is -0.150. The van der Waals surface area contributed by atoms with Crippen LogP contribution in [-0.2, 0) is 19.0 Å². The first kappa shape index (κ1) is 17.7. The Kier molecular flexibility index (Phi) is 6.81. The largest absolute Gasteiger partial charge is 0.466 e. The number of hydrogen-bond acceptors (Lipinski definition) is 4. The van der Waals surface area contributed by atoms with Gasteiger partial charge in [-0.15, -0.1) is 0 Å². The molecule has 2 rings (SSSR count). The van der Waals surface area contributed by atoms with Crippen molar-refractivity contribution in [1.82, 2.24) is 0 Å². The first-order valence-corrected chi connectivity index (χ1v) is 8.26. The molecule has 126 valence electrons. The molecular weight excluding hydrogens is 292 g/mol. The minimum Gasteiger partial charge on any atom is -0.466 e. The molecule has 23 heavy (non-hydrogen) atoms. The molecule has 0 spiro atoms. The highest BCUT2D eigenvalue weighted by Crippen LogP contribution is 2.25. The van der Waals surface area contributed by atoms with Crippen LogP contribution in [0.3, 0.4) is 0 Å². The van der Waals surface area contributed by atoms with E-state index in [1.54, 1.807) is 0 Å². The van der Waals surface area contributed by atoms with Crippen molar-refractivity contribution in [2.45, 2.75) is 45.8 Å². The molecule has 0 unspecified atom stereocenters. The molecule has 0 saturated carbocycles. The summed E-state index contributed by atoms with van der Waals surface area (Å²) < 4.78 is 16.0. The van der Waals surface area contributed by atoms with Crippen molar-refractivity contribution in [3.63, 3.8) is 0 Å². The molecule has 1 fully saturated rings. The summed E-state index contributed by atoms with van der Waals surface area (Å²) >= 11 is 0. The lowest BCUT2D eigenvalue weighted by atomic mass is 10.00. The first-order chi connectivity index (χ1) is 11.1. The van der Waals surface area contributed by atoms with E-state index in [2.05, 4.69) is 38.1 Å². The normalized spacial score (nSPS) is 18.1. The zero-order valence-corrected chi connectivity index (χ0v) is 14.2. The second-order valence-electron chi connectivity index (χ2n) is 5.81. The minimum absolute atomic E-state index is 0.0181. The quantitative estimate of drug-likeness (QED) is 0.513. The number of hydrogen-bond donors (Lipinski definition) is 0. The molecular formula is C19H26O4. The Hall–Kier alpha value is -1.65. The third kappa shape index (κ3) is 6.16. The smallest absolute Gasteiger partial charge is 0.306 e. The van der Waals surface area contributed by atoms with Gasteiger partial charge in [-0.25, -0.2) is 0 Å². The van der Waals surface area contributed by atoms with Crippen LogP contribution in [0.25, 0.3) is 6.08 Å². The average Bonchev–Trinajstić information content (AvgIpc) is 3.34. The monoisotopic (exact) mass is 318 g/mol. The van der Waals surface area contributed by atoms with Crippen molar-refractivity contribution < 1.29 is 19.0 Å². The van der Waals surface area contributed by atoms with Crippen LogP contribution in [0.4, 0.5) is 0 Å². The maximum absolute atomic E-state index is 11.4. The fraction of sp³-hybridized carbons (Fsp3) is 0.526. The summed E-state index contributed by atoms with van der Waals surface area (Å²) in [6.07, 6.45) is 5.46. The molecule has 0 radical (unpaired) electrons. The van der Waals surface area contributed by atoms with E-state index in [-0.39, 0.29) is 18.2 Å². The number of carbonyl (C=O) groups is 1. The third-order valence-electron chi connectivity index (χ3n) is 3.73. The molecule has 1 aromatic rings. The summed E-state index contributed by atoms with van der Waals surface area (Å²) in [6, 6.07) is 6.35. The number of ether oxygens (including phenoxy) is 3. The summed E-state index contributed by atoms with van der Waals surface area (Å²) in [5.41, 5.74) is 3.50. The highest BCUT2D eigenvalue weighted by molar-refractivity contribution is 5.69. The van der Waals surface area contributed by atoms with Crippen LogP contribution in [0.1, 0.15) is 49.5 Å². The lowest BCUT2D eigenvalue weighted by Crippen LogP contribution is -2.07. The van der Waals surface area contributed by atoms with E-state index in [0.717, 1.165) is 17.7 Å². The second-order valence-corrected chi connectivity index (χ2v) is 5.81. The summed E-state index contributed by atoms with van der Waals surface area (Å²) in [5.74, 6) is -0.150. The Morgan fingerprint density at radius 3 is 2.96 bits per heavy atom. The number of esters is 1. The maximum atomic E-state index is 11.4. The number of aryl methyl sites for hydroxylation is 1. The van der Waals surface area contributed by atoms with Gasteiger partial charge in [0.15, 0.2) is 0 Å². The Morgan fingerprint density at radius 2 is 2.26 bits per heavy atom. The lowest BCUT2D eigenvalue weighted by molar-refractivity contribution is -0.142. The number of carbonyl (C=O) groups excluding carboxylic acids is 1. The van der Waals surface area contributed by atoms with Gasteiger partial charge in [0.2, 0.25) is 0 Å². The molecule has 0 aromatic heterocycles. The molecule has 1 heterocycles. The zero-order valence-electron chi connectivity index (χ0n) is 14.2. The predicted octanol–water partition coefficient (Wildman–Crippen LogP) is 3.83. The van der Waals surface area contributed by atoms with Crippen molar-refractivity contribution in [3.05, 3.63) is 41.0 Å². The SMILES string of the molecule is CCOC(=O)CCC=Cc1cc(C)ccc1[C@@H](C)OC[C@H]1CO1. The van der Waals surface area contributed by atoms with Gasteiger partial charge in [0.1, 0.15) is 6.10 Å². The van der Waals surface area contributed by atoms with Gasteiger partial charge in [-0.3, -0.25) is 4.79 Å². The third-order valence-corrected chi connectivity index (χ3v) is 3.73. The van der Waals surface area contributed by atoms with Crippen LogP contribution < -0.4 is 0 Å². The fourth-order valence-electron chi connectivity index (χ4n) is 2.36. The Balaban J connectivity index is 1.95. The molecule has 4 heteroatoms. The molecule has 0 amide bonds. The van der Waals surface area contributed by atoms with Gasteiger partial charge in [-0.1, -0.05) is 35.9 Å². The highest BCUT2D eigenvalue weighted by atomic mass is 16.6. The predicted molar refractivity (Wildman–Crippen MR) is 90.2 cm³/mol. The average molecular weight is 318 g/mol. The van der Waals surface area contributed by atoms with Crippen LogP contribution in [0, 0.1) is 6.92 Å². The second kappa shape index (κ2) is 8.85. The Bertz CT molecular complexity index is 546. The van der Waals surface area contributed by atoms with Crippen LogP contribution >= 0.6 is 0 Å². The molecule has 1 aromatic carbocycles. The maximum Gasteiger partial charge on any atom is 0.306 e. The van der Waals surface area contributed by atoms with E-state index in [0.29, 0.717) is 26.1 Å². The number of benzene rings is 1. The molecule has 2 atom stereocenters. The zero-order chi connectivity index (χ0) is 16.7. The van der Waals surface area contributed by atoms with Crippen molar-refractivity contribution >= 4 is 12.0 Å². The van der Waals surface area contributed by atoms with Crippen LogP contribution in [0.2, 0.25) is 0 Å². The number of epoxide rings is 1. The van der Waals surface area contributed by atoms with Crippen LogP contribution in [0.5, 0.6) is 0 Å². The van der Waals surface area contributed by atoms with Gasteiger partial charge < -0.3 is 14.2 Å². The topological polar surface area (TPSA) is 48.1 Å². The van der Waals surface area contributed by atoms with Gasteiger partial charge in [0.05, 0.1) is 25.9 Å². The van der Waals surface area contributed by atoms with Crippen LogP contribution in [-0.4, -0.2) is 31.9 Å². The number of rotatable bonds is 9. The molecule has 0 N–H and O–H groups in total. The van der Waals surface area contributed by atoms with E-state index in [4.69, 9.17) is 14.2 Å². The summed E-state index contributed by atoms with van der Waals surface area (Å²) in [7, 11) is 0. The van der Waals surface area contributed by atoms with Crippen molar-refractivity contribution in [1.29, 1.82) is 0 Å². The molecule has 0 bridgehead atoms. The van der Waals surface area contributed by atoms with Gasteiger partial charge in [-0.2, -0.15) is 0 Å².